The van der Waals surface area contributed by atoms with Gasteiger partial charge in [0, 0.05) is 38.6 Å². The summed E-state index contributed by atoms with van der Waals surface area (Å²) in [5.41, 5.74) is 4.29. The highest BCUT2D eigenvalue weighted by atomic mass is 32.1. The Morgan fingerprint density at radius 3 is 2.52 bits per heavy atom. The number of thiazole rings is 1. The van der Waals surface area contributed by atoms with Crippen LogP contribution in [0.4, 0.5) is 5.69 Å². The summed E-state index contributed by atoms with van der Waals surface area (Å²) in [5.74, 6) is -0.460. The minimum atomic E-state index is -0.617. The molecule has 3 heterocycles. The van der Waals surface area contributed by atoms with E-state index >= 15 is 0 Å². The van der Waals surface area contributed by atoms with Crippen LogP contribution < -0.4 is 19.8 Å². The Labute approximate surface area is 195 Å². The third-order valence-electron chi connectivity index (χ3n) is 5.58. The molecule has 0 bridgehead atoms. The van der Waals surface area contributed by atoms with E-state index in [1.807, 2.05) is 69.5 Å². The van der Waals surface area contributed by atoms with Crippen LogP contribution >= 0.6 is 11.3 Å². The molecule has 0 aliphatic carbocycles. The lowest BCUT2D eigenvalue weighted by atomic mass is 9.95. The summed E-state index contributed by atoms with van der Waals surface area (Å²) in [5, 5.41) is 4.36. The number of carbonyl (C=O) groups excluding carboxylic acids is 1. The minimum absolute atomic E-state index is 0.196. The highest BCUT2D eigenvalue weighted by Gasteiger charge is 2.33. The van der Waals surface area contributed by atoms with Crippen LogP contribution in [0, 0.1) is 6.92 Å². The SMILES string of the molecule is CCOC(=O)C1=C(C)N=c2s/c(=C/c3cn(C)nc3C)c(=O)n2[C@@H]1c1ccc(N(C)C)cc1. The molecule has 0 fully saturated rings. The maximum Gasteiger partial charge on any atom is 0.338 e. The summed E-state index contributed by atoms with van der Waals surface area (Å²) in [6.45, 7) is 5.70. The van der Waals surface area contributed by atoms with Gasteiger partial charge in [-0.15, -0.1) is 0 Å². The molecule has 1 aliphatic rings. The molecule has 0 saturated heterocycles. The van der Waals surface area contributed by atoms with Crippen LogP contribution in [0.2, 0.25) is 0 Å². The first-order valence-electron chi connectivity index (χ1n) is 10.7. The van der Waals surface area contributed by atoms with Gasteiger partial charge >= 0.3 is 5.97 Å². The van der Waals surface area contributed by atoms with Crippen LogP contribution in [-0.4, -0.2) is 41.0 Å². The Balaban J connectivity index is 1.95. The quantitative estimate of drug-likeness (QED) is 0.538. The van der Waals surface area contributed by atoms with Gasteiger partial charge in [-0.05, 0) is 44.5 Å². The molecule has 0 N–H and O–H groups in total. The monoisotopic (exact) mass is 465 g/mol. The number of aromatic nitrogens is 3. The summed E-state index contributed by atoms with van der Waals surface area (Å²) >= 11 is 1.31. The summed E-state index contributed by atoms with van der Waals surface area (Å²) in [6.07, 6.45) is 3.71. The van der Waals surface area contributed by atoms with Crippen molar-refractivity contribution in [1.82, 2.24) is 14.3 Å². The number of esters is 1. The molecule has 1 aliphatic heterocycles. The van der Waals surface area contributed by atoms with Gasteiger partial charge in [-0.3, -0.25) is 14.0 Å². The van der Waals surface area contributed by atoms with Crippen molar-refractivity contribution in [2.45, 2.75) is 26.8 Å². The average Bonchev–Trinajstić information content (AvgIpc) is 3.24. The summed E-state index contributed by atoms with van der Waals surface area (Å²) < 4.78 is 9.21. The molecule has 0 saturated carbocycles. The molecule has 3 aromatic rings. The number of rotatable bonds is 5. The zero-order valence-corrected chi connectivity index (χ0v) is 20.4. The van der Waals surface area contributed by atoms with E-state index in [0.29, 0.717) is 20.6 Å². The molecule has 4 rings (SSSR count). The Morgan fingerprint density at radius 1 is 1.24 bits per heavy atom. The van der Waals surface area contributed by atoms with Gasteiger partial charge < -0.3 is 9.64 Å². The van der Waals surface area contributed by atoms with Gasteiger partial charge in [-0.2, -0.15) is 5.10 Å². The molecular formula is C24H27N5O3S. The standard InChI is InChI=1S/C24H27N5O3S/c1-7-32-23(31)20-15(3)25-24-29(21(20)16-8-10-18(11-9-16)27(4)5)22(30)19(33-24)12-17-13-28(6)26-14(17)2/h8-13,21H,7H2,1-6H3/b19-12+/t21-/m1/s1. The van der Waals surface area contributed by atoms with E-state index in [2.05, 4.69) is 10.1 Å². The van der Waals surface area contributed by atoms with Gasteiger partial charge in [0.1, 0.15) is 0 Å². The maximum absolute atomic E-state index is 13.6. The van der Waals surface area contributed by atoms with Crippen LogP contribution in [0.15, 0.2) is 51.5 Å². The lowest BCUT2D eigenvalue weighted by Gasteiger charge is -2.25. The number of aryl methyl sites for hydroxylation is 2. The molecule has 2 aromatic heterocycles. The molecule has 0 spiro atoms. The summed E-state index contributed by atoms with van der Waals surface area (Å²) in [4.78, 5) is 33.7. The highest BCUT2D eigenvalue weighted by molar-refractivity contribution is 7.07. The fourth-order valence-electron chi connectivity index (χ4n) is 3.96. The normalized spacial score (nSPS) is 15.9. The molecular weight excluding hydrogens is 438 g/mol. The first kappa shape index (κ1) is 22.7. The van der Waals surface area contributed by atoms with Crippen LogP contribution in [0.1, 0.15) is 36.7 Å². The Bertz CT molecular complexity index is 1420. The topological polar surface area (TPSA) is 81.7 Å². The number of carbonyl (C=O) groups is 1. The van der Waals surface area contributed by atoms with Crippen molar-refractivity contribution in [2.24, 2.45) is 12.0 Å². The largest absolute Gasteiger partial charge is 0.463 e. The van der Waals surface area contributed by atoms with Gasteiger partial charge in [0.15, 0.2) is 4.80 Å². The Hall–Kier alpha value is -3.46. The fraction of sp³-hybridized carbons (Fsp3) is 0.333. The second-order valence-corrected chi connectivity index (χ2v) is 9.14. The van der Waals surface area contributed by atoms with Crippen LogP contribution in [0.5, 0.6) is 0 Å². The first-order valence-corrected chi connectivity index (χ1v) is 11.5. The summed E-state index contributed by atoms with van der Waals surface area (Å²) in [7, 11) is 5.78. The van der Waals surface area contributed by atoms with E-state index in [-0.39, 0.29) is 12.2 Å². The van der Waals surface area contributed by atoms with Crippen molar-refractivity contribution in [3.05, 3.63) is 78.2 Å². The van der Waals surface area contributed by atoms with E-state index in [4.69, 9.17) is 4.74 Å². The molecule has 8 nitrogen and oxygen atoms in total. The van der Waals surface area contributed by atoms with Crippen LogP contribution in [0.25, 0.3) is 6.08 Å². The number of hydrogen-bond acceptors (Lipinski definition) is 7. The molecule has 9 heteroatoms. The van der Waals surface area contributed by atoms with Crippen molar-refractivity contribution < 1.29 is 9.53 Å². The summed E-state index contributed by atoms with van der Waals surface area (Å²) in [6, 6.07) is 7.22. The Morgan fingerprint density at radius 2 is 1.94 bits per heavy atom. The number of allylic oxidation sites excluding steroid dienone is 1. The van der Waals surface area contributed by atoms with Crippen LogP contribution in [-0.2, 0) is 16.6 Å². The van der Waals surface area contributed by atoms with E-state index in [0.717, 1.165) is 22.5 Å². The first-order chi connectivity index (χ1) is 15.7. The van der Waals surface area contributed by atoms with Crippen molar-refractivity contribution in [1.29, 1.82) is 0 Å². The van der Waals surface area contributed by atoms with Gasteiger partial charge in [0.2, 0.25) is 0 Å². The molecule has 0 amide bonds. The molecule has 0 unspecified atom stereocenters. The number of hydrogen-bond donors (Lipinski definition) is 0. The Kier molecular flexibility index (Phi) is 6.07. The maximum atomic E-state index is 13.6. The van der Waals surface area contributed by atoms with E-state index < -0.39 is 12.0 Å². The van der Waals surface area contributed by atoms with Crippen molar-refractivity contribution in [2.75, 3.05) is 25.6 Å². The van der Waals surface area contributed by atoms with Crippen molar-refractivity contribution in [3.63, 3.8) is 0 Å². The van der Waals surface area contributed by atoms with Gasteiger partial charge in [-0.1, -0.05) is 23.5 Å². The number of ether oxygens (including phenoxy) is 1. The van der Waals surface area contributed by atoms with Crippen molar-refractivity contribution in [3.8, 4) is 0 Å². The molecule has 172 valence electrons. The van der Waals surface area contributed by atoms with E-state index in [1.54, 1.807) is 23.1 Å². The fourth-order valence-corrected chi connectivity index (χ4v) is 5.00. The number of anilines is 1. The third-order valence-corrected chi connectivity index (χ3v) is 6.56. The van der Waals surface area contributed by atoms with Gasteiger partial charge in [-0.25, -0.2) is 9.79 Å². The molecule has 1 atom stereocenters. The molecule has 1 aromatic carbocycles. The lowest BCUT2D eigenvalue weighted by Crippen LogP contribution is -2.40. The molecule has 33 heavy (non-hydrogen) atoms. The van der Waals surface area contributed by atoms with E-state index in [1.165, 1.54) is 11.3 Å². The second-order valence-electron chi connectivity index (χ2n) is 8.13. The highest BCUT2D eigenvalue weighted by Crippen LogP contribution is 2.31. The zero-order chi connectivity index (χ0) is 23.9. The van der Waals surface area contributed by atoms with E-state index in [9.17, 15) is 9.59 Å². The smallest absolute Gasteiger partial charge is 0.338 e. The number of nitrogens with zero attached hydrogens (tertiary/aromatic N) is 5. The van der Waals surface area contributed by atoms with Gasteiger partial charge in [0.05, 0.1) is 34.1 Å². The molecule has 0 radical (unpaired) electrons. The predicted octanol–water partition coefficient (Wildman–Crippen LogP) is 1.91. The average molecular weight is 466 g/mol. The van der Waals surface area contributed by atoms with Crippen molar-refractivity contribution >= 4 is 29.1 Å². The van der Waals surface area contributed by atoms with Gasteiger partial charge in [0.25, 0.3) is 5.56 Å². The third kappa shape index (κ3) is 4.16. The second kappa shape index (κ2) is 8.82. The predicted molar refractivity (Wildman–Crippen MR) is 129 cm³/mol. The minimum Gasteiger partial charge on any atom is -0.463 e. The zero-order valence-electron chi connectivity index (χ0n) is 19.6. The number of benzene rings is 1. The number of fused-ring (bicyclic) bond motifs is 1. The van der Waals surface area contributed by atoms with Crippen LogP contribution in [0.3, 0.4) is 0 Å². The lowest BCUT2D eigenvalue weighted by molar-refractivity contribution is -0.139.